The van der Waals surface area contributed by atoms with Gasteiger partial charge in [0.1, 0.15) is 5.58 Å². The second-order valence-corrected chi connectivity index (χ2v) is 5.55. The Labute approximate surface area is 142 Å². The quantitative estimate of drug-likeness (QED) is 0.509. The van der Waals surface area contributed by atoms with E-state index < -0.39 is 4.92 Å². The highest BCUT2D eigenvalue weighted by atomic mass is 35.5. The zero-order valence-corrected chi connectivity index (χ0v) is 13.5. The van der Waals surface area contributed by atoms with Crippen molar-refractivity contribution in [1.82, 2.24) is 0 Å². The molecule has 0 spiro atoms. The van der Waals surface area contributed by atoms with Gasteiger partial charge >= 0.3 is 0 Å². The van der Waals surface area contributed by atoms with Crippen LogP contribution >= 0.6 is 11.6 Å². The average molecular weight is 345 g/mol. The van der Waals surface area contributed by atoms with E-state index in [0.29, 0.717) is 22.8 Å². The van der Waals surface area contributed by atoms with Crippen LogP contribution in [0.1, 0.15) is 17.5 Å². The molecule has 1 amide bonds. The Morgan fingerprint density at radius 2 is 1.92 bits per heavy atom. The van der Waals surface area contributed by atoms with Crippen molar-refractivity contribution in [2.75, 3.05) is 11.4 Å². The Hall–Kier alpha value is -2.86. The highest BCUT2D eigenvalue weighted by Gasteiger charge is 2.21. The molecular weight excluding hydrogens is 332 g/mol. The molecular formula is C17H13ClN2O4. The van der Waals surface area contributed by atoms with E-state index >= 15 is 0 Å². The van der Waals surface area contributed by atoms with Crippen LogP contribution in [0, 0.1) is 10.1 Å². The zero-order chi connectivity index (χ0) is 17.3. The molecule has 24 heavy (non-hydrogen) atoms. The van der Waals surface area contributed by atoms with E-state index in [1.54, 1.807) is 36.4 Å². The third-order valence-corrected chi connectivity index (χ3v) is 3.86. The van der Waals surface area contributed by atoms with E-state index in [2.05, 4.69) is 0 Å². The lowest BCUT2D eigenvalue weighted by Crippen LogP contribution is -2.30. The van der Waals surface area contributed by atoms with Crippen LogP contribution in [0.15, 0.2) is 52.9 Å². The minimum absolute atomic E-state index is 0.0272. The number of carbonyl (C=O) groups is 1. The molecule has 0 unspecified atom stereocenters. The molecule has 1 heterocycles. The molecule has 0 bridgehead atoms. The van der Waals surface area contributed by atoms with Crippen LogP contribution in [-0.2, 0) is 0 Å². The van der Waals surface area contributed by atoms with Gasteiger partial charge in [0.25, 0.3) is 11.6 Å². The number of nitrogens with zero attached hydrogens (tertiary/aromatic N) is 2. The molecule has 122 valence electrons. The number of hydrogen-bond donors (Lipinski definition) is 0. The maximum absolute atomic E-state index is 12.7. The first-order valence-corrected chi connectivity index (χ1v) is 7.63. The Morgan fingerprint density at radius 1 is 1.21 bits per heavy atom. The molecule has 0 radical (unpaired) electrons. The van der Waals surface area contributed by atoms with Gasteiger partial charge < -0.3 is 9.32 Å². The lowest BCUT2D eigenvalue weighted by atomic mass is 10.2. The summed E-state index contributed by atoms with van der Waals surface area (Å²) in [5, 5.41) is 12.0. The van der Waals surface area contributed by atoms with Gasteiger partial charge in [-0.25, -0.2) is 0 Å². The molecule has 0 aliphatic rings. The van der Waals surface area contributed by atoms with Gasteiger partial charge in [0.05, 0.1) is 4.92 Å². The number of halogens is 1. The Bertz CT molecular complexity index is 918. The number of fused-ring (bicyclic) bond motifs is 1. The van der Waals surface area contributed by atoms with Crippen molar-refractivity contribution < 1.29 is 14.1 Å². The molecule has 6 nitrogen and oxygen atoms in total. The summed E-state index contributed by atoms with van der Waals surface area (Å²) in [5.74, 6) is -0.133. The number of rotatable bonds is 4. The van der Waals surface area contributed by atoms with Gasteiger partial charge in [0.15, 0.2) is 5.76 Å². The molecule has 0 aliphatic heterocycles. The summed E-state index contributed by atoms with van der Waals surface area (Å²) in [6.07, 6.45) is 0. The number of non-ortho nitro benzene ring substituents is 1. The first kappa shape index (κ1) is 16.0. The van der Waals surface area contributed by atoms with E-state index in [4.69, 9.17) is 16.0 Å². The summed E-state index contributed by atoms with van der Waals surface area (Å²) in [5.41, 5.74) is 1.11. The standard InChI is InChI=1S/C17H13ClN2O4/c1-2-19(13-4-6-14(7-5-13)20(22)23)17(21)16-10-11-9-12(18)3-8-15(11)24-16/h3-10H,2H2,1H3. The van der Waals surface area contributed by atoms with E-state index in [0.717, 1.165) is 5.39 Å². The lowest BCUT2D eigenvalue weighted by molar-refractivity contribution is -0.384. The minimum Gasteiger partial charge on any atom is -0.451 e. The molecule has 0 aliphatic carbocycles. The number of hydrogen-bond acceptors (Lipinski definition) is 4. The van der Waals surface area contributed by atoms with Gasteiger partial charge in [-0.1, -0.05) is 11.6 Å². The van der Waals surface area contributed by atoms with E-state index in [1.807, 2.05) is 6.92 Å². The molecule has 0 saturated carbocycles. The average Bonchev–Trinajstić information content (AvgIpc) is 2.99. The van der Waals surface area contributed by atoms with Crippen LogP contribution in [0.2, 0.25) is 5.02 Å². The number of benzene rings is 2. The second kappa shape index (κ2) is 6.33. The largest absolute Gasteiger partial charge is 0.451 e. The van der Waals surface area contributed by atoms with Crippen molar-refractivity contribution in [2.45, 2.75) is 6.92 Å². The molecule has 0 N–H and O–H groups in total. The summed E-state index contributed by atoms with van der Waals surface area (Å²) in [7, 11) is 0. The van der Waals surface area contributed by atoms with Crippen molar-refractivity contribution in [3.63, 3.8) is 0 Å². The number of anilines is 1. The molecule has 1 aromatic heterocycles. The number of nitro groups is 1. The maximum Gasteiger partial charge on any atom is 0.294 e. The molecule has 0 fully saturated rings. The van der Waals surface area contributed by atoms with Gasteiger partial charge in [-0.2, -0.15) is 0 Å². The van der Waals surface area contributed by atoms with Gasteiger partial charge in [-0.3, -0.25) is 14.9 Å². The van der Waals surface area contributed by atoms with Crippen molar-refractivity contribution in [3.8, 4) is 0 Å². The van der Waals surface area contributed by atoms with Gasteiger partial charge in [-0.15, -0.1) is 0 Å². The summed E-state index contributed by atoms with van der Waals surface area (Å²) < 4.78 is 5.59. The van der Waals surface area contributed by atoms with Crippen LogP contribution in [0.4, 0.5) is 11.4 Å². The molecule has 3 aromatic rings. The predicted molar refractivity (Wildman–Crippen MR) is 91.7 cm³/mol. The lowest BCUT2D eigenvalue weighted by Gasteiger charge is -2.19. The van der Waals surface area contributed by atoms with Crippen LogP contribution in [-0.4, -0.2) is 17.4 Å². The zero-order valence-electron chi connectivity index (χ0n) is 12.7. The third kappa shape index (κ3) is 2.96. The fourth-order valence-corrected chi connectivity index (χ4v) is 2.63. The summed E-state index contributed by atoms with van der Waals surface area (Å²) >= 11 is 5.94. The monoisotopic (exact) mass is 344 g/mol. The second-order valence-electron chi connectivity index (χ2n) is 5.12. The number of nitro benzene ring substituents is 1. The first-order chi connectivity index (χ1) is 11.5. The Morgan fingerprint density at radius 3 is 2.54 bits per heavy atom. The minimum atomic E-state index is -0.481. The summed E-state index contributed by atoms with van der Waals surface area (Å²) in [6, 6.07) is 12.6. The van der Waals surface area contributed by atoms with Crippen molar-refractivity contribution in [3.05, 3.63) is 69.4 Å². The molecule has 0 atom stereocenters. The van der Waals surface area contributed by atoms with Gasteiger partial charge in [0, 0.05) is 34.8 Å². The van der Waals surface area contributed by atoms with Gasteiger partial charge in [-0.05, 0) is 43.3 Å². The van der Waals surface area contributed by atoms with Crippen LogP contribution in [0.5, 0.6) is 0 Å². The number of furan rings is 1. The number of carbonyl (C=O) groups excluding carboxylic acids is 1. The molecule has 7 heteroatoms. The van der Waals surface area contributed by atoms with E-state index in [-0.39, 0.29) is 17.4 Å². The summed E-state index contributed by atoms with van der Waals surface area (Å²) in [6.45, 7) is 2.22. The van der Waals surface area contributed by atoms with Crippen molar-refractivity contribution in [1.29, 1.82) is 0 Å². The van der Waals surface area contributed by atoms with E-state index in [9.17, 15) is 14.9 Å². The maximum atomic E-state index is 12.7. The Balaban J connectivity index is 1.93. The molecule has 2 aromatic carbocycles. The van der Waals surface area contributed by atoms with Crippen molar-refractivity contribution >= 4 is 39.9 Å². The van der Waals surface area contributed by atoms with E-state index in [1.165, 1.54) is 17.0 Å². The van der Waals surface area contributed by atoms with Gasteiger partial charge in [0.2, 0.25) is 0 Å². The first-order valence-electron chi connectivity index (χ1n) is 7.25. The fraction of sp³-hybridized carbons (Fsp3) is 0.118. The highest BCUT2D eigenvalue weighted by Crippen LogP contribution is 2.26. The summed E-state index contributed by atoms with van der Waals surface area (Å²) in [4.78, 5) is 24.5. The van der Waals surface area contributed by atoms with Crippen LogP contribution < -0.4 is 4.90 Å². The SMILES string of the molecule is CCN(C(=O)c1cc2cc(Cl)ccc2o1)c1ccc([N+](=O)[O-])cc1. The highest BCUT2D eigenvalue weighted by molar-refractivity contribution is 6.31. The topological polar surface area (TPSA) is 76.6 Å². The molecule has 0 saturated heterocycles. The smallest absolute Gasteiger partial charge is 0.294 e. The number of amides is 1. The van der Waals surface area contributed by atoms with Crippen molar-refractivity contribution in [2.24, 2.45) is 0 Å². The Kier molecular flexibility index (Phi) is 4.22. The van der Waals surface area contributed by atoms with Crippen LogP contribution in [0.25, 0.3) is 11.0 Å². The van der Waals surface area contributed by atoms with Crippen LogP contribution in [0.3, 0.4) is 0 Å². The third-order valence-electron chi connectivity index (χ3n) is 3.62. The normalized spacial score (nSPS) is 10.8. The molecule has 3 rings (SSSR count). The fourth-order valence-electron chi connectivity index (χ4n) is 2.45. The predicted octanol–water partition coefficient (Wildman–Crippen LogP) is 4.66.